The number of methoxy groups -OCH3 is 1. The molecule has 2 rings (SSSR count). The molecule has 0 fully saturated rings. The molecular weight excluding hydrogens is 495 g/mol. The Morgan fingerprint density at radius 3 is 2.62 bits per heavy atom. The van der Waals surface area contributed by atoms with Gasteiger partial charge >= 0.3 is 5.97 Å². The first-order valence-corrected chi connectivity index (χ1v) is 9.25. The van der Waals surface area contributed by atoms with E-state index in [0.717, 1.165) is 0 Å². The van der Waals surface area contributed by atoms with Crippen LogP contribution >= 0.6 is 22.6 Å². The molecule has 0 aromatic heterocycles. The fraction of sp³-hybridized carbons (Fsp3) is 0.158. The summed E-state index contributed by atoms with van der Waals surface area (Å²) < 4.78 is 11.8. The number of rotatable bonds is 8. The third-order valence-electron chi connectivity index (χ3n) is 3.61. The van der Waals surface area contributed by atoms with E-state index in [0.29, 0.717) is 26.2 Å². The van der Waals surface area contributed by atoms with Crippen LogP contribution < -0.4 is 14.8 Å². The Hall–Kier alpha value is -3.15. The monoisotopic (exact) mass is 512 g/mol. The Morgan fingerprint density at radius 1 is 1.31 bits per heavy atom. The summed E-state index contributed by atoms with van der Waals surface area (Å²) in [6.07, 6.45) is 1.30. The molecule has 2 aromatic carbocycles. The van der Waals surface area contributed by atoms with Gasteiger partial charge in [0.2, 0.25) is 5.91 Å². The molecule has 152 valence electrons. The summed E-state index contributed by atoms with van der Waals surface area (Å²) in [4.78, 5) is 32.9. The molecule has 10 heteroatoms. The average molecular weight is 512 g/mol. The number of carboxylic acids is 1. The zero-order chi connectivity index (χ0) is 21.6. The summed E-state index contributed by atoms with van der Waals surface area (Å²) in [6.45, 7) is 1.29. The predicted octanol–water partition coefficient (Wildman–Crippen LogP) is 3.35. The number of amides is 1. The molecule has 0 bridgehead atoms. The lowest BCUT2D eigenvalue weighted by molar-refractivity contribution is -0.384. The van der Waals surface area contributed by atoms with E-state index >= 15 is 0 Å². The number of carbonyl (C=O) groups is 2. The molecule has 0 heterocycles. The molecule has 1 amide bonds. The van der Waals surface area contributed by atoms with Gasteiger partial charge in [0.05, 0.1) is 15.6 Å². The van der Waals surface area contributed by atoms with E-state index in [1.807, 2.05) is 22.6 Å². The molecule has 0 saturated carbocycles. The molecule has 0 aliphatic heterocycles. The van der Waals surface area contributed by atoms with Gasteiger partial charge in [-0.3, -0.25) is 14.9 Å². The SMILES string of the molecule is COc1cc(C=C(NC(C)=O)C(=O)O)cc(I)c1OCc1cccc([N+](=O)[O-])c1. The lowest BCUT2D eigenvalue weighted by Gasteiger charge is -2.14. The van der Waals surface area contributed by atoms with E-state index in [-0.39, 0.29) is 18.0 Å². The highest BCUT2D eigenvalue weighted by Crippen LogP contribution is 2.35. The molecule has 0 aliphatic rings. The van der Waals surface area contributed by atoms with Crippen molar-refractivity contribution in [2.24, 2.45) is 0 Å². The number of halogens is 1. The molecule has 0 aliphatic carbocycles. The largest absolute Gasteiger partial charge is 0.493 e. The second-order valence-electron chi connectivity index (χ2n) is 5.79. The van der Waals surface area contributed by atoms with E-state index in [4.69, 9.17) is 9.47 Å². The molecule has 2 aromatic rings. The smallest absolute Gasteiger partial charge is 0.352 e. The number of nitro benzene ring substituents is 1. The van der Waals surface area contributed by atoms with Crippen molar-refractivity contribution in [3.8, 4) is 11.5 Å². The minimum absolute atomic E-state index is 0.0348. The summed E-state index contributed by atoms with van der Waals surface area (Å²) in [6, 6.07) is 9.32. The maximum atomic E-state index is 11.3. The quantitative estimate of drug-likeness (QED) is 0.240. The van der Waals surface area contributed by atoms with Gasteiger partial charge in [-0.05, 0) is 51.9 Å². The normalized spacial score (nSPS) is 10.9. The maximum absolute atomic E-state index is 11.3. The van der Waals surface area contributed by atoms with Gasteiger partial charge in [-0.1, -0.05) is 12.1 Å². The van der Waals surface area contributed by atoms with Gasteiger partial charge in [-0.25, -0.2) is 4.79 Å². The fourth-order valence-electron chi connectivity index (χ4n) is 2.39. The van der Waals surface area contributed by atoms with Crippen molar-refractivity contribution in [1.29, 1.82) is 0 Å². The average Bonchev–Trinajstić information content (AvgIpc) is 2.66. The minimum Gasteiger partial charge on any atom is -0.493 e. The van der Waals surface area contributed by atoms with Crippen LogP contribution in [0.25, 0.3) is 6.08 Å². The van der Waals surface area contributed by atoms with Gasteiger partial charge in [-0.2, -0.15) is 0 Å². The lowest BCUT2D eigenvalue weighted by Crippen LogP contribution is -2.24. The third-order valence-corrected chi connectivity index (χ3v) is 4.41. The van der Waals surface area contributed by atoms with Crippen LogP contribution in [0.2, 0.25) is 0 Å². The summed E-state index contributed by atoms with van der Waals surface area (Å²) in [5.74, 6) is -1.02. The molecule has 29 heavy (non-hydrogen) atoms. The number of aliphatic carboxylic acids is 1. The molecule has 0 saturated heterocycles. The second-order valence-corrected chi connectivity index (χ2v) is 6.96. The van der Waals surface area contributed by atoms with Crippen molar-refractivity contribution in [3.05, 3.63) is 66.9 Å². The second kappa shape index (κ2) is 9.87. The summed E-state index contributed by atoms with van der Waals surface area (Å²) in [5.41, 5.74) is 0.785. The number of benzene rings is 2. The summed E-state index contributed by atoms with van der Waals surface area (Å²) in [5, 5.41) is 22.4. The number of nitrogens with zero attached hydrogens (tertiary/aromatic N) is 1. The standard InChI is InChI=1S/C19H17IN2O7/c1-11(23)21-16(19(24)25)8-13-7-15(20)18(17(9-13)28-2)29-10-12-4-3-5-14(6-12)22(26)27/h3-9H,10H2,1-2H3,(H,21,23)(H,24,25). The van der Waals surface area contributed by atoms with Crippen LogP contribution in [0.15, 0.2) is 42.1 Å². The summed E-state index contributed by atoms with van der Waals surface area (Å²) >= 11 is 2.01. The van der Waals surface area contributed by atoms with Crippen molar-refractivity contribution in [2.75, 3.05) is 7.11 Å². The third kappa shape index (κ3) is 6.17. The van der Waals surface area contributed by atoms with E-state index < -0.39 is 16.8 Å². The highest BCUT2D eigenvalue weighted by atomic mass is 127. The molecule has 0 unspecified atom stereocenters. The van der Waals surface area contributed by atoms with Gasteiger partial charge in [-0.15, -0.1) is 0 Å². The van der Waals surface area contributed by atoms with Crippen molar-refractivity contribution in [1.82, 2.24) is 5.32 Å². The van der Waals surface area contributed by atoms with Gasteiger partial charge in [0.15, 0.2) is 11.5 Å². The van der Waals surface area contributed by atoms with Crippen molar-refractivity contribution in [2.45, 2.75) is 13.5 Å². The first-order chi connectivity index (χ1) is 13.7. The Kier molecular flexibility index (Phi) is 7.53. The van der Waals surface area contributed by atoms with E-state index in [1.165, 1.54) is 32.2 Å². The van der Waals surface area contributed by atoms with Crippen LogP contribution in [-0.4, -0.2) is 29.0 Å². The van der Waals surface area contributed by atoms with E-state index in [1.54, 1.807) is 24.3 Å². The zero-order valence-corrected chi connectivity index (χ0v) is 17.6. The maximum Gasteiger partial charge on any atom is 0.352 e. The first kappa shape index (κ1) is 22.1. The number of ether oxygens (including phenoxy) is 2. The molecular formula is C19H17IN2O7. The summed E-state index contributed by atoms with van der Waals surface area (Å²) in [7, 11) is 1.44. The van der Waals surface area contributed by atoms with Gasteiger partial charge in [0.25, 0.3) is 5.69 Å². The van der Waals surface area contributed by atoms with Gasteiger partial charge in [0.1, 0.15) is 12.3 Å². The van der Waals surface area contributed by atoms with E-state index in [2.05, 4.69) is 5.32 Å². The Bertz CT molecular complexity index is 989. The van der Waals surface area contributed by atoms with Crippen LogP contribution in [0.1, 0.15) is 18.1 Å². The van der Waals surface area contributed by atoms with Crippen LogP contribution in [0, 0.1) is 13.7 Å². The predicted molar refractivity (Wildman–Crippen MR) is 113 cm³/mol. The minimum atomic E-state index is -1.28. The molecule has 9 nitrogen and oxygen atoms in total. The molecule has 0 spiro atoms. The number of carbonyl (C=O) groups excluding carboxylic acids is 1. The number of hydrogen-bond acceptors (Lipinski definition) is 6. The highest BCUT2D eigenvalue weighted by Gasteiger charge is 2.15. The van der Waals surface area contributed by atoms with Gasteiger partial charge < -0.3 is 19.9 Å². The van der Waals surface area contributed by atoms with E-state index in [9.17, 15) is 24.8 Å². The van der Waals surface area contributed by atoms with Crippen LogP contribution in [-0.2, 0) is 16.2 Å². The topological polar surface area (TPSA) is 128 Å². The fourth-order valence-corrected chi connectivity index (χ4v) is 3.17. The number of nitrogens with one attached hydrogen (secondary N) is 1. The van der Waals surface area contributed by atoms with Crippen molar-refractivity contribution in [3.63, 3.8) is 0 Å². The molecule has 0 atom stereocenters. The zero-order valence-electron chi connectivity index (χ0n) is 15.5. The molecule has 0 radical (unpaired) electrons. The van der Waals surface area contributed by atoms with Crippen LogP contribution in [0.3, 0.4) is 0 Å². The Morgan fingerprint density at radius 2 is 2.03 bits per heavy atom. The number of carboxylic acid groups (broad SMARTS) is 1. The Labute approximate surface area is 179 Å². The number of nitro groups is 1. The number of non-ortho nitro benzene ring substituents is 1. The van der Waals surface area contributed by atoms with Gasteiger partial charge in [0, 0.05) is 19.1 Å². The highest BCUT2D eigenvalue weighted by molar-refractivity contribution is 14.1. The van der Waals surface area contributed by atoms with Crippen molar-refractivity contribution >= 4 is 46.2 Å². The molecule has 2 N–H and O–H groups in total. The lowest BCUT2D eigenvalue weighted by atomic mass is 10.1. The van der Waals surface area contributed by atoms with Crippen molar-refractivity contribution < 1.29 is 29.1 Å². The number of hydrogen-bond donors (Lipinski definition) is 2. The first-order valence-electron chi connectivity index (χ1n) is 8.17. The van der Waals surface area contributed by atoms with Crippen LogP contribution in [0.5, 0.6) is 11.5 Å². The van der Waals surface area contributed by atoms with Crippen LogP contribution in [0.4, 0.5) is 5.69 Å². The Balaban J connectivity index is 2.30.